The number of amides is 4. The van der Waals surface area contributed by atoms with Gasteiger partial charge in [0.05, 0.1) is 19.8 Å². The summed E-state index contributed by atoms with van der Waals surface area (Å²) in [6, 6.07) is 3.63. The van der Waals surface area contributed by atoms with Gasteiger partial charge in [-0.2, -0.15) is 29.9 Å². The number of nitrogens with zero attached hydrogens (tertiary/aromatic N) is 7. The number of sulfonamides is 2. The number of thiophene rings is 1. The fourth-order valence-corrected chi connectivity index (χ4v) is 6.81. The van der Waals surface area contributed by atoms with Gasteiger partial charge in [-0.05, 0) is 37.4 Å². The normalized spacial score (nSPS) is 10.9. The van der Waals surface area contributed by atoms with Crippen LogP contribution < -0.4 is 29.1 Å². The number of hydrogen-bond acceptors (Lipinski definition) is 17. The zero-order valence-corrected chi connectivity index (χ0v) is 28.7. The van der Waals surface area contributed by atoms with Crippen LogP contribution in [0.1, 0.15) is 31.7 Å². The highest BCUT2D eigenvalue weighted by Gasteiger charge is 2.28. The molecule has 4 amide bonds. The molecule has 0 spiro atoms. The highest BCUT2D eigenvalue weighted by molar-refractivity contribution is 7.90. The first kappa shape index (κ1) is 38.4. The van der Waals surface area contributed by atoms with Crippen molar-refractivity contribution in [3.05, 3.63) is 57.8 Å². The second kappa shape index (κ2) is 15.9. The molecule has 0 saturated heterocycles. The maximum absolute atomic E-state index is 12.4. The van der Waals surface area contributed by atoms with Gasteiger partial charge in [0.1, 0.15) is 26.3 Å². The Balaban J connectivity index is 0.000000271. The van der Waals surface area contributed by atoms with E-state index in [2.05, 4.69) is 35.2 Å². The number of methoxy groups -OCH3 is 2. The number of aryl methyl sites for hydroxylation is 2. The Labute approximate surface area is 286 Å². The number of aromatic nitrogens is 6. The second-order valence-corrected chi connectivity index (χ2v) is 13.3. The van der Waals surface area contributed by atoms with E-state index in [1.54, 1.807) is 16.4 Å². The van der Waals surface area contributed by atoms with Gasteiger partial charge < -0.3 is 19.7 Å². The molecule has 25 heteroatoms. The van der Waals surface area contributed by atoms with Crippen molar-refractivity contribution in [3.8, 4) is 12.0 Å². The molecule has 0 unspecified atom stereocenters. The number of ether oxygens (including phenoxy) is 2. The first-order chi connectivity index (χ1) is 23.4. The predicted octanol–water partition coefficient (Wildman–Crippen LogP) is 0.880. The van der Waals surface area contributed by atoms with Gasteiger partial charge in [-0.15, -0.1) is 11.3 Å². The Hall–Kier alpha value is -6.08. The van der Waals surface area contributed by atoms with E-state index in [4.69, 9.17) is 19.7 Å². The molecule has 0 saturated carbocycles. The molecule has 0 aliphatic heterocycles. The molecular weight excluding hydrogens is 729 g/mol. The molecule has 3 heterocycles. The van der Waals surface area contributed by atoms with E-state index in [0.29, 0.717) is 0 Å². The molecule has 0 atom stereocenters. The van der Waals surface area contributed by atoms with Crippen molar-refractivity contribution in [1.82, 2.24) is 39.3 Å². The van der Waals surface area contributed by atoms with Crippen LogP contribution in [0.25, 0.3) is 0 Å². The van der Waals surface area contributed by atoms with Crippen LogP contribution >= 0.6 is 11.3 Å². The minimum absolute atomic E-state index is 0.0498. The molecule has 50 heavy (non-hydrogen) atoms. The minimum atomic E-state index is -4.44. The summed E-state index contributed by atoms with van der Waals surface area (Å²) in [5.41, 5.74) is -0.465. The van der Waals surface area contributed by atoms with Crippen molar-refractivity contribution in [2.45, 2.75) is 23.6 Å². The van der Waals surface area contributed by atoms with Crippen molar-refractivity contribution in [2.75, 3.05) is 31.5 Å². The van der Waals surface area contributed by atoms with E-state index >= 15 is 0 Å². The third kappa shape index (κ3) is 9.73. The fraction of sp³-hybridized carbons (Fsp3) is 0.200. The van der Waals surface area contributed by atoms with Gasteiger partial charge in [-0.1, -0.05) is 12.1 Å². The number of carboxylic acid groups (broad SMARTS) is 2. The monoisotopic (exact) mass is 754 g/mol. The molecular formula is C25H26N10O12S3. The van der Waals surface area contributed by atoms with E-state index in [0.717, 1.165) is 34.4 Å². The van der Waals surface area contributed by atoms with Crippen molar-refractivity contribution < 1.29 is 55.7 Å². The van der Waals surface area contributed by atoms with Crippen LogP contribution in [0.15, 0.2) is 45.5 Å². The number of carbonyl (C=O) groups excluding carboxylic acids is 2. The van der Waals surface area contributed by atoms with E-state index in [-0.39, 0.29) is 35.6 Å². The molecule has 0 bridgehead atoms. The van der Waals surface area contributed by atoms with Crippen LogP contribution in [-0.2, 0) is 20.0 Å². The first-order valence-corrected chi connectivity index (χ1v) is 17.0. The average molecular weight is 755 g/mol. The summed E-state index contributed by atoms with van der Waals surface area (Å²) in [7, 11) is -4.93. The lowest BCUT2D eigenvalue weighted by Crippen LogP contribution is -2.42. The minimum Gasteiger partial charge on any atom is -0.478 e. The first-order valence-electron chi connectivity index (χ1n) is 13.2. The lowest BCUT2D eigenvalue weighted by molar-refractivity contribution is 0.0684. The lowest BCUT2D eigenvalue weighted by Gasteiger charge is -2.17. The quantitative estimate of drug-likeness (QED) is 0.150. The predicted molar refractivity (Wildman–Crippen MR) is 170 cm³/mol. The maximum Gasteiger partial charge on any atom is 0.347 e. The number of urea groups is 2. The lowest BCUT2D eigenvalue weighted by atomic mass is 10.2. The second-order valence-electron chi connectivity index (χ2n) is 9.11. The zero-order valence-electron chi connectivity index (χ0n) is 26.3. The Morgan fingerprint density at radius 1 is 0.760 bits per heavy atom. The van der Waals surface area contributed by atoms with Gasteiger partial charge in [-0.3, -0.25) is 10.2 Å². The Kier molecular flexibility index (Phi) is 12.2. The van der Waals surface area contributed by atoms with E-state index < -0.39 is 64.3 Å². The van der Waals surface area contributed by atoms with Gasteiger partial charge in [0.2, 0.25) is 11.9 Å². The van der Waals surface area contributed by atoms with Crippen LogP contribution in [0, 0.1) is 13.8 Å². The molecule has 266 valence electrons. The topological polar surface area (TPSA) is 312 Å². The van der Waals surface area contributed by atoms with Crippen molar-refractivity contribution in [2.24, 2.45) is 0 Å². The van der Waals surface area contributed by atoms with Crippen LogP contribution in [-0.4, -0.2) is 102 Å². The number of carbonyl (C=O) groups is 4. The third-order valence-corrected chi connectivity index (χ3v) is 9.39. The van der Waals surface area contributed by atoms with E-state index in [1.807, 2.05) is 0 Å². The number of rotatable bonds is 10. The molecule has 3 aromatic heterocycles. The Morgan fingerprint density at radius 3 is 1.94 bits per heavy atom. The molecule has 1 aromatic carbocycles. The molecule has 22 nitrogen and oxygen atoms in total. The van der Waals surface area contributed by atoms with Gasteiger partial charge in [-0.25, -0.2) is 45.5 Å². The molecule has 0 aliphatic carbocycles. The smallest absolute Gasteiger partial charge is 0.347 e. The summed E-state index contributed by atoms with van der Waals surface area (Å²) in [6.45, 7) is 3.06. The molecule has 4 aromatic rings. The summed E-state index contributed by atoms with van der Waals surface area (Å²) in [5, 5.41) is 21.5. The highest BCUT2D eigenvalue weighted by atomic mass is 32.2. The number of anilines is 2. The molecule has 5 N–H and O–H groups in total. The third-order valence-electron chi connectivity index (χ3n) is 5.61. The largest absolute Gasteiger partial charge is 0.478 e. The van der Waals surface area contributed by atoms with Crippen molar-refractivity contribution in [1.29, 1.82) is 0 Å². The molecule has 0 aliphatic rings. The summed E-state index contributed by atoms with van der Waals surface area (Å²) in [5.74, 6) is -2.73. The SMILES string of the molecule is COc1nc(C)nc(N(C)C(=O)NS(=O)(=O)c2ccccc2C(=O)O)n1.COc1nc(C)nc(NC(=O)NS(=O)(=O)c2ccsc2C(=O)O)n1. The fourth-order valence-electron chi connectivity index (χ4n) is 3.47. The number of carboxylic acids is 2. The number of nitrogens with one attached hydrogen (secondary N) is 3. The summed E-state index contributed by atoms with van der Waals surface area (Å²) >= 11 is 0.723. The maximum atomic E-state index is 12.4. The summed E-state index contributed by atoms with van der Waals surface area (Å²) < 4.78 is 62.1. The van der Waals surface area contributed by atoms with Gasteiger partial charge in [0.25, 0.3) is 20.0 Å². The van der Waals surface area contributed by atoms with Gasteiger partial charge in [0, 0.05) is 7.05 Å². The standard InChI is InChI=1S/C14H15N5O6S.C11H11N5O6S2/c1-8-15-12(17-13(16-8)25-3)19(2)14(22)18-26(23,24)10-7-5-4-6-9(10)11(20)21;1-5-12-9(15-11(13-5)22-2)14-10(19)16-24(20,21)6-3-4-23-7(6)8(17)18/h4-7H,1-3H3,(H,18,22)(H,20,21);3-4H,1-2H3,(H,17,18)(H2,12,13,14,15,16,19). The average Bonchev–Trinajstić information content (AvgIpc) is 3.55. The van der Waals surface area contributed by atoms with Crippen LogP contribution in [0.2, 0.25) is 0 Å². The number of aromatic carboxylic acids is 2. The summed E-state index contributed by atoms with van der Waals surface area (Å²) in [4.78, 5) is 68.6. The molecule has 0 fully saturated rings. The Morgan fingerprint density at radius 2 is 1.34 bits per heavy atom. The summed E-state index contributed by atoms with van der Waals surface area (Å²) in [6.07, 6.45) is 0. The van der Waals surface area contributed by atoms with E-state index in [1.165, 1.54) is 45.7 Å². The van der Waals surface area contributed by atoms with Gasteiger partial charge >= 0.3 is 36.0 Å². The van der Waals surface area contributed by atoms with Crippen molar-refractivity contribution in [3.63, 3.8) is 0 Å². The van der Waals surface area contributed by atoms with Gasteiger partial charge in [0.15, 0.2) is 0 Å². The van der Waals surface area contributed by atoms with Crippen LogP contribution in [0.3, 0.4) is 0 Å². The van der Waals surface area contributed by atoms with E-state index in [9.17, 15) is 36.0 Å². The van der Waals surface area contributed by atoms with Crippen molar-refractivity contribution >= 4 is 67.3 Å². The zero-order chi connectivity index (χ0) is 37.4. The Bertz CT molecular complexity index is 2160. The highest BCUT2D eigenvalue weighted by Crippen LogP contribution is 2.22. The molecule has 4 rings (SSSR count). The van der Waals surface area contributed by atoms with Crippen LogP contribution in [0.5, 0.6) is 12.0 Å². The number of benzene rings is 1. The van der Waals surface area contributed by atoms with Crippen LogP contribution in [0.4, 0.5) is 21.5 Å². The number of hydrogen-bond donors (Lipinski definition) is 5. The molecule has 0 radical (unpaired) electrons.